The third kappa shape index (κ3) is 1.68. The molecule has 3 rings (SSSR count). The summed E-state index contributed by atoms with van der Waals surface area (Å²) < 4.78 is 11.3. The van der Waals surface area contributed by atoms with Gasteiger partial charge < -0.3 is 14.6 Å². The van der Waals surface area contributed by atoms with Crippen molar-refractivity contribution in [2.24, 2.45) is 5.73 Å². The first-order valence-electron chi connectivity index (χ1n) is 6.75. The monoisotopic (exact) mass is 271 g/mol. The quantitative estimate of drug-likeness (QED) is 0.727. The highest BCUT2D eigenvalue weighted by atomic mass is 16.4. The first-order valence-corrected chi connectivity index (χ1v) is 6.75. The fraction of sp³-hybridized carbons (Fsp3) is 0.312. The van der Waals surface area contributed by atoms with E-state index in [-0.39, 0.29) is 5.63 Å². The normalized spacial score (nSPS) is 11.6. The van der Waals surface area contributed by atoms with E-state index in [1.165, 1.54) is 6.07 Å². The molecule has 0 aliphatic carbocycles. The Labute approximate surface area is 116 Å². The van der Waals surface area contributed by atoms with Gasteiger partial charge in [0.1, 0.15) is 16.9 Å². The summed E-state index contributed by atoms with van der Waals surface area (Å²) in [5.41, 5.74) is 9.71. The van der Waals surface area contributed by atoms with Gasteiger partial charge in [-0.15, -0.1) is 0 Å². The molecule has 4 nitrogen and oxygen atoms in total. The molecule has 3 aromatic rings. The van der Waals surface area contributed by atoms with Crippen LogP contribution in [0.2, 0.25) is 0 Å². The van der Waals surface area contributed by atoms with Crippen LogP contribution in [0.15, 0.2) is 25.8 Å². The van der Waals surface area contributed by atoms with Crippen molar-refractivity contribution in [1.82, 2.24) is 0 Å². The number of aryl methyl sites for hydroxylation is 3. The minimum atomic E-state index is -0.327. The van der Waals surface area contributed by atoms with Crippen molar-refractivity contribution in [3.63, 3.8) is 0 Å². The molecule has 0 amide bonds. The van der Waals surface area contributed by atoms with Crippen molar-refractivity contribution in [1.29, 1.82) is 0 Å². The molecule has 1 aromatic carbocycles. The van der Waals surface area contributed by atoms with Gasteiger partial charge in [0.05, 0.1) is 6.54 Å². The van der Waals surface area contributed by atoms with Crippen LogP contribution in [0.3, 0.4) is 0 Å². The summed E-state index contributed by atoms with van der Waals surface area (Å²) in [5.74, 6) is 0.782. The predicted octanol–water partition coefficient (Wildman–Crippen LogP) is 3.18. The molecule has 2 aromatic heterocycles. The lowest BCUT2D eigenvalue weighted by atomic mass is 10.0. The summed E-state index contributed by atoms with van der Waals surface area (Å²) in [6.45, 7) is 6.32. The van der Waals surface area contributed by atoms with Gasteiger partial charge in [0, 0.05) is 22.4 Å². The van der Waals surface area contributed by atoms with E-state index >= 15 is 0 Å². The second-order valence-electron chi connectivity index (χ2n) is 5.06. The Kier molecular flexibility index (Phi) is 2.91. The highest BCUT2D eigenvalue weighted by Crippen LogP contribution is 2.34. The fourth-order valence-corrected chi connectivity index (χ4v) is 2.76. The van der Waals surface area contributed by atoms with Gasteiger partial charge in [-0.3, -0.25) is 0 Å². The third-order valence-corrected chi connectivity index (χ3v) is 3.87. The Bertz CT molecular complexity index is 871. The Morgan fingerprint density at radius 1 is 1.10 bits per heavy atom. The van der Waals surface area contributed by atoms with Gasteiger partial charge >= 0.3 is 5.63 Å². The van der Waals surface area contributed by atoms with Crippen molar-refractivity contribution in [3.8, 4) is 0 Å². The molecular weight excluding hydrogens is 254 g/mol. The zero-order valence-electron chi connectivity index (χ0n) is 11.9. The summed E-state index contributed by atoms with van der Waals surface area (Å²) in [6.07, 6.45) is 0.733. The molecule has 4 heteroatoms. The Morgan fingerprint density at radius 2 is 1.80 bits per heavy atom. The molecule has 2 N–H and O–H groups in total. The lowest BCUT2D eigenvalue weighted by Crippen LogP contribution is -2.00. The molecule has 0 saturated heterocycles. The van der Waals surface area contributed by atoms with Crippen LogP contribution in [0.1, 0.15) is 29.4 Å². The topological polar surface area (TPSA) is 69.4 Å². The molecule has 0 bridgehead atoms. The van der Waals surface area contributed by atoms with Crippen LogP contribution >= 0.6 is 0 Å². The van der Waals surface area contributed by atoms with E-state index < -0.39 is 0 Å². The second kappa shape index (κ2) is 4.49. The zero-order valence-corrected chi connectivity index (χ0v) is 11.9. The number of rotatable bonds is 2. The third-order valence-electron chi connectivity index (χ3n) is 3.87. The highest BCUT2D eigenvalue weighted by Gasteiger charge is 2.17. The molecular formula is C16H17NO3. The molecule has 0 fully saturated rings. The highest BCUT2D eigenvalue weighted by molar-refractivity contribution is 6.00. The van der Waals surface area contributed by atoms with E-state index in [0.717, 1.165) is 45.2 Å². The molecule has 0 unspecified atom stereocenters. The van der Waals surface area contributed by atoms with Crippen LogP contribution in [0.25, 0.3) is 21.9 Å². The Morgan fingerprint density at radius 3 is 2.45 bits per heavy atom. The maximum atomic E-state index is 11.6. The van der Waals surface area contributed by atoms with Crippen molar-refractivity contribution < 1.29 is 8.83 Å². The summed E-state index contributed by atoms with van der Waals surface area (Å²) in [6, 6.07) is 3.55. The molecule has 0 atom stereocenters. The van der Waals surface area contributed by atoms with E-state index in [4.69, 9.17) is 14.6 Å². The minimum Gasteiger partial charge on any atom is -0.459 e. The molecule has 0 radical (unpaired) electrons. The molecule has 20 heavy (non-hydrogen) atoms. The molecule has 0 saturated carbocycles. The maximum absolute atomic E-state index is 11.6. The zero-order chi connectivity index (χ0) is 14.4. The van der Waals surface area contributed by atoms with Gasteiger partial charge in [0.15, 0.2) is 0 Å². The van der Waals surface area contributed by atoms with Crippen molar-refractivity contribution >= 4 is 21.9 Å². The lowest BCUT2D eigenvalue weighted by Gasteiger charge is -2.06. The van der Waals surface area contributed by atoms with Gasteiger partial charge in [0.2, 0.25) is 0 Å². The predicted molar refractivity (Wildman–Crippen MR) is 79.0 cm³/mol. The van der Waals surface area contributed by atoms with E-state index in [1.807, 2.05) is 26.8 Å². The minimum absolute atomic E-state index is 0.327. The summed E-state index contributed by atoms with van der Waals surface area (Å²) in [4.78, 5) is 11.6. The molecule has 0 aliphatic heterocycles. The number of furan rings is 1. The van der Waals surface area contributed by atoms with Crippen molar-refractivity contribution in [2.45, 2.75) is 33.7 Å². The molecule has 0 spiro atoms. The maximum Gasteiger partial charge on any atom is 0.336 e. The van der Waals surface area contributed by atoms with Gasteiger partial charge in [-0.1, -0.05) is 6.92 Å². The van der Waals surface area contributed by atoms with Crippen LogP contribution in [-0.2, 0) is 13.0 Å². The molecule has 2 heterocycles. The van der Waals surface area contributed by atoms with Crippen LogP contribution in [0.4, 0.5) is 0 Å². The van der Waals surface area contributed by atoms with Gasteiger partial charge in [0.25, 0.3) is 0 Å². The summed E-state index contributed by atoms with van der Waals surface area (Å²) in [5, 5.41) is 2.01. The number of hydrogen-bond acceptors (Lipinski definition) is 4. The van der Waals surface area contributed by atoms with Gasteiger partial charge in [-0.25, -0.2) is 4.79 Å². The summed E-state index contributed by atoms with van der Waals surface area (Å²) >= 11 is 0. The fourth-order valence-electron chi connectivity index (χ4n) is 2.76. The number of hydrogen-bond donors (Lipinski definition) is 1. The van der Waals surface area contributed by atoms with Crippen LogP contribution in [0.5, 0.6) is 0 Å². The number of fused-ring (bicyclic) bond motifs is 2. The van der Waals surface area contributed by atoms with Gasteiger partial charge in [-0.2, -0.15) is 0 Å². The van der Waals surface area contributed by atoms with Crippen molar-refractivity contribution in [3.05, 3.63) is 45.0 Å². The van der Waals surface area contributed by atoms with Gasteiger partial charge in [-0.05, 0) is 37.5 Å². The SMILES string of the molecule is CCc1c2oc(=O)cc(C)c2cc2c(C)c(CN)oc12. The Hall–Kier alpha value is -2.07. The Balaban J connectivity index is 2.58. The van der Waals surface area contributed by atoms with E-state index in [2.05, 4.69) is 0 Å². The van der Waals surface area contributed by atoms with E-state index in [1.54, 1.807) is 0 Å². The lowest BCUT2D eigenvalue weighted by molar-refractivity contribution is 0.537. The van der Waals surface area contributed by atoms with Crippen LogP contribution in [-0.4, -0.2) is 0 Å². The van der Waals surface area contributed by atoms with Crippen LogP contribution < -0.4 is 11.4 Å². The first-order chi connectivity index (χ1) is 9.56. The number of nitrogens with two attached hydrogens (primary N) is 1. The summed E-state index contributed by atoms with van der Waals surface area (Å²) in [7, 11) is 0. The smallest absolute Gasteiger partial charge is 0.336 e. The first kappa shape index (κ1) is 12.9. The van der Waals surface area contributed by atoms with Crippen molar-refractivity contribution in [2.75, 3.05) is 0 Å². The molecule has 0 aliphatic rings. The van der Waals surface area contributed by atoms with E-state index in [9.17, 15) is 4.79 Å². The largest absolute Gasteiger partial charge is 0.459 e. The van der Waals surface area contributed by atoms with Crippen LogP contribution in [0, 0.1) is 13.8 Å². The average Bonchev–Trinajstić information content (AvgIpc) is 2.73. The van der Waals surface area contributed by atoms with E-state index in [0.29, 0.717) is 12.1 Å². The molecule has 104 valence electrons. The standard InChI is InChI=1S/C16H17NO3/c1-4-10-15-11(8(2)5-14(18)20-15)6-12-9(3)13(7-17)19-16(10)12/h5-6H,4,7,17H2,1-3H3. The second-order valence-corrected chi connectivity index (χ2v) is 5.06. The number of benzene rings is 1. The average molecular weight is 271 g/mol.